The van der Waals surface area contributed by atoms with Gasteiger partial charge in [0.25, 0.3) is 0 Å². The van der Waals surface area contributed by atoms with Gasteiger partial charge >= 0.3 is 6.03 Å². The number of fused-ring (bicyclic) bond motifs is 1. The van der Waals surface area contributed by atoms with Crippen molar-refractivity contribution < 1.29 is 23.6 Å². The van der Waals surface area contributed by atoms with Gasteiger partial charge in [-0.2, -0.15) is 4.98 Å². The minimum Gasteiger partial charge on any atom is -0.497 e. The van der Waals surface area contributed by atoms with E-state index in [-0.39, 0.29) is 36.4 Å². The molecule has 3 aromatic rings. The molecule has 2 aromatic carbocycles. The predicted molar refractivity (Wildman–Crippen MR) is 127 cm³/mol. The lowest BCUT2D eigenvalue weighted by molar-refractivity contribution is -0.137. The van der Waals surface area contributed by atoms with Crippen molar-refractivity contribution in [2.45, 2.75) is 44.7 Å². The van der Waals surface area contributed by atoms with Gasteiger partial charge in [-0.15, -0.1) is 0 Å². The predicted octanol–water partition coefficient (Wildman–Crippen LogP) is 4.15. The van der Waals surface area contributed by atoms with Gasteiger partial charge < -0.3 is 19.3 Å². The van der Waals surface area contributed by atoms with Gasteiger partial charge in [-0.25, -0.2) is 4.79 Å². The third kappa shape index (κ3) is 4.71. The maximum atomic E-state index is 13.2. The molecule has 1 aliphatic heterocycles. The molecule has 1 N–H and O–H groups in total. The fraction of sp³-hybridized carbons (Fsp3) is 0.385. The minimum atomic E-state index is -0.375. The van der Waals surface area contributed by atoms with E-state index < -0.39 is 0 Å². The summed E-state index contributed by atoms with van der Waals surface area (Å²) in [6.45, 7) is 2.76. The summed E-state index contributed by atoms with van der Waals surface area (Å²) in [6.07, 6.45) is 1.96. The lowest BCUT2D eigenvalue weighted by Gasteiger charge is -2.41. The second kappa shape index (κ2) is 9.77. The Hall–Kier alpha value is -3.88. The number of ether oxygens (including phenoxy) is 2. The van der Waals surface area contributed by atoms with Gasteiger partial charge in [0, 0.05) is 17.5 Å². The molecule has 1 saturated carbocycles. The average molecular weight is 477 g/mol. The van der Waals surface area contributed by atoms with Crippen molar-refractivity contribution in [1.29, 1.82) is 0 Å². The Balaban J connectivity index is 1.25. The number of amides is 3. The monoisotopic (exact) mass is 476 g/mol. The summed E-state index contributed by atoms with van der Waals surface area (Å²) in [5, 5.41) is 7.18. The second-order valence-corrected chi connectivity index (χ2v) is 8.86. The number of rotatable bonds is 7. The van der Waals surface area contributed by atoms with Crippen molar-refractivity contribution in [3.05, 3.63) is 60.0 Å². The van der Waals surface area contributed by atoms with Crippen LogP contribution in [0.4, 0.5) is 4.79 Å². The molecule has 3 amide bonds. The van der Waals surface area contributed by atoms with E-state index in [1.165, 1.54) is 4.90 Å². The van der Waals surface area contributed by atoms with Gasteiger partial charge in [-0.1, -0.05) is 17.3 Å². The molecule has 35 heavy (non-hydrogen) atoms. The molecule has 182 valence electrons. The summed E-state index contributed by atoms with van der Waals surface area (Å²) in [5.41, 5.74) is 1.68. The lowest BCUT2D eigenvalue weighted by atomic mass is 9.76. The molecular weight excluding hydrogens is 448 g/mol. The highest BCUT2D eigenvalue weighted by Crippen LogP contribution is 2.38. The van der Waals surface area contributed by atoms with E-state index in [9.17, 15) is 9.59 Å². The van der Waals surface area contributed by atoms with Gasteiger partial charge in [0.15, 0.2) is 0 Å². The smallest absolute Gasteiger partial charge is 0.324 e. The summed E-state index contributed by atoms with van der Waals surface area (Å²) in [6, 6.07) is 14.3. The van der Waals surface area contributed by atoms with Crippen LogP contribution in [0.3, 0.4) is 0 Å². The van der Waals surface area contributed by atoms with E-state index in [0.29, 0.717) is 36.9 Å². The highest BCUT2D eigenvalue weighted by Gasteiger charge is 2.45. The number of methoxy groups -OCH3 is 1. The average Bonchev–Trinajstić information content (AvgIpc) is 3.37. The van der Waals surface area contributed by atoms with Crippen molar-refractivity contribution in [2.24, 2.45) is 5.92 Å². The van der Waals surface area contributed by atoms with E-state index in [2.05, 4.69) is 15.5 Å². The van der Waals surface area contributed by atoms with Gasteiger partial charge in [0.2, 0.25) is 17.6 Å². The van der Waals surface area contributed by atoms with Crippen LogP contribution < -0.4 is 14.8 Å². The third-order valence-electron chi connectivity index (χ3n) is 6.68. The van der Waals surface area contributed by atoms with Crippen LogP contribution in [0.25, 0.3) is 11.4 Å². The standard InChI is InChI=1S/C26H28N4O5/c1-3-34-19-10-7-17(8-11-19)23-28-24(35-29-23)18-9-12-21-22(14-18)27-26(32)30(25(21)31)15-16-5-4-6-20(13-16)33-2/h4-8,10-11,13,18,21-22H,3,9,12,14-15H2,1-2H3,(H,27,32). The first-order valence-electron chi connectivity index (χ1n) is 11.9. The molecular formula is C26H28N4O5. The van der Waals surface area contributed by atoms with Crippen LogP contribution >= 0.6 is 0 Å². The van der Waals surface area contributed by atoms with Crippen LogP contribution in [0.2, 0.25) is 0 Å². The molecule has 5 rings (SSSR count). The molecule has 2 aliphatic rings. The van der Waals surface area contributed by atoms with Crippen LogP contribution in [0.15, 0.2) is 53.1 Å². The first-order valence-corrected chi connectivity index (χ1v) is 11.9. The van der Waals surface area contributed by atoms with E-state index >= 15 is 0 Å². The Bertz CT molecular complexity index is 1210. The Morgan fingerprint density at radius 3 is 2.71 bits per heavy atom. The minimum absolute atomic E-state index is 0.0155. The number of carbonyl (C=O) groups is 2. The topological polar surface area (TPSA) is 107 Å². The molecule has 0 spiro atoms. The van der Waals surface area contributed by atoms with Crippen LogP contribution in [0, 0.1) is 5.92 Å². The van der Waals surface area contributed by atoms with Crippen molar-refractivity contribution >= 4 is 11.9 Å². The third-order valence-corrected chi connectivity index (χ3v) is 6.68. The zero-order valence-corrected chi connectivity index (χ0v) is 19.8. The number of hydrogen-bond donors (Lipinski definition) is 1. The molecule has 0 radical (unpaired) electrons. The fourth-order valence-corrected chi connectivity index (χ4v) is 4.88. The summed E-state index contributed by atoms with van der Waals surface area (Å²) in [4.78, 5) is 31.9. The van der Waals surface area contributed by atoms with Gasteiger partial charge in [0.05, 0.1) is 26.2 Å². The van der Waals surface area contributed by atoms with Crippen molar-refractivity contribution in [3.8, 4) is 22.9 Å². The quantitative estimate of drug-likeness (QED) is 0.546. The highest BCUT2D eigenvalue weighted by atomic mass is 16.5. The highest BCUT2D eigenvalue weighted by molar-refractivity contribution is 5.98. The molecule has 1 aliphatic carbocycles. The molecule has 2 heterocycles. The Morgan fingerprint density at radius 1 is 1.11 bits per heavy atom. The van der Waals surface area contributed by atoms with Crippen molar-refractivity contribution in [1.82, 2.24) is 20.4 Å². The van der Waals surface area contributed by atoms with Crippen molar-refractivity contribution in [2.75, 3.05) is 13.7 Å². The Morgan fingerprint density at radius 2 is 1.94 bits per heavy atom. The molecule has 1 aromatic heterocycles. The number of nitrogens with zero attached hydrogens (tertiary/aromatic N) is 3. The number of nitrogens with one attached hydrogen (secondary N) is 1. The lowest BCUT2D eigenvalue weighted by Crippen LogP contribution is -2.60. The van der Waals surface area contributed by atoms with Crippen LogP contribution in [0.5, 0.6) is 11.5 Å². The first kappa shape index (κ1) is 22.9. The molecule has 1 saturated heterocycles. The van der Waals surface area contributed by atoms with Crippen LogP contribution in [-0.2, 0) is 11.3 Å². The number of urea groups is 1. The SMILES string of the molecule is CCOc1ccc(-c2noc(C3CCC4C(=O)N(Cc5cccc(OC)c5)C(=O)NC4C3)n2)cc1. The molecule has 2 fully saturated rings. The van der Waals surface area contributed by atoms with Crippen LogP contribution in [-0.4, -0.2) is 46.7 Å². The Labute approximate surface area is 203 Å². The molecule has 0 bridgehead atoms. The number of carbonyl (C=O) groups excluding carboxylic acids is 2. The number of hydrogen-bond acceptors (Lipinski definition) is 7. The first-order chi connectivity index (χ1) is 17.1. The number of aromatic nitrogens is 2. The summed E-state index contributed by atoms with van der Waals surface area (Å²) in [5.74, 6) is 2.11. The normalized spacial score (nSPS) is 21.9. The maximum Gasteiger partial charge on any atom is 0.324 e. The molecule has 9 nitrogen and oxygen atoms in total. The molecule has 3 atom stereocenters. The summed E-state index contributed by atoms with van der Waals surface area (Å²) in [7, 11) is 1.59. The molecule has 9 heteroatoms. The maximum absolute atomic E-state index is 13.2. The van der Waals surface area contributed by atoms with E-state index in [1.54, 1.807) is 7.11 Å². The van der Waals surface area contributed by atoms with Crippen LogP contribution in [0.1, 0.15) is 43.6 Å². The summed E-state index contributed by atoms with van der Waals surface area (Å²) < 4.78 is 16.3. The molecule has 3 unspecified atom stereocenters. The number of benzene rings is 2. The van der Waals surface area contributed by atoms with E-state index in [0.717, 1.165) is 23.3 Å². The van der Waals surface area contributed by atoms with E-state index in [4.69, 9.17) is 14.0 Å². The fourth-order valence-electron chi connectivity index (χ4n) is 4.88. The van der Waals surface area contributed by atoms with Gasteiger partial charge in [-0.05, 0) is 68.1 Å². The van der Waals surface area contributed by atoms with Gasteiger partial charge in [-0.3, -0.25) is 9.69 Å². The van der Waals surface area contributed by atoms with Gasteiger partial charge in [0.1, 0.15) is 11.5 Å². The van der Waals surface area contributed by atoms with E-state index in [1.807, 2.05) is 55.5 Å². The van der Waals surface area contributed by atoms with Crippen molar-refractivity contribution in [3.63, 3.8) is 0 Å². The zero-order valence-electron chi connectivity index (χ0n) is 19.8. The second-order valence-electron chi connectivity index (χ2n) is 8.86. The number of imide groups is 1. The largest absolute Gasteiger partial charge is 0.497 e. The Kier molecular flexibility index (Phi) is 6.39. The summed E-state index contributed by atoms with van der Waals surface area (Å²) >= 11 is 0. The zero-order chi connectivity index (χ0) is 24.4.